The predicted molar refractivity (Wildman–Crippen MR) is 53.2 cm³/mol. The van der Waals surface area contributed by atoms with E-state index in [1.807, 2.05) is 6.07 Å². The molecule has 0 aromatic heterocycles. The molecule has 2 rings (SSSR count). The third kappa shape index (κ3) is 1.87. The summed E-state index contributed by atoms with van der Waals surface area (Å²) in [5, 5.41) is 3.26. The van der Waals surface area contributed by atoms with E-state index in [0.29, 0.717) is 11.7 Å². The van der Waals surface area contributed by atoms with Gasteiger partial charge in [0, 0.05) is 12.6 Å². The van der Waals surface area contributed by atoms with Crippen LogP contribution in [0.1, 0.15) is 17.9 Å². The molecule has 1 aromatic carbocycles. The molecular formula is C11H14FNO. The normalized spacial score (nSPS) is 21.1. The Kier molecular flexibility index (Phi) is 2.68. The average molecular weight is 195 g/mol. The van der Waals surface area contributed by atoms with Crippen molar-refractivity contribution in [3.8, 4) is 5.75 Å². The van der Waals surface area contributed by atoms with Crippen LogP contribution in [0.3, 0.4) is 0 Å². The molecule has 1 saturated heterocycles. The molecule has 1 fully saturated rings. The zero-order valence-electron chi connectivity index (χ0n) is 8.22. The Bertz CT molecular complexity index is 321. The first kappa shape index (κ1) is 9.46. The minimum Gasteiger partial charge on any atom is -0.497 e. The lowest BCUT2D eigenvalue weighted by Crippen LogP contribution is -2.08. The molecule has 14 heavy (non-hydrogen) atoms. The van der Waals surface area contributed by atoms with Gasteiger partial charge in [0.2, 0.25) is 0 Å². The van der Waals surface area contributed by atoms with Crippen LogP contribution in [-0.4, -0.2) is 20.2 Å². The van der Waals surface area contributed by atoms with E-state index < -0.39 is 0 Å². The molecule has 1 heterocycles. The zero-order chi connectivity index (χ0) is 9.97. The molecule has 1 atom stereocenters. The molecule has 1 aliphatic rings. The number of ether oxygens (including phenoxy) is 1. The van der Waals surface area contributed by atoms with Crippen molar-refractivity contribution >= 4 is 0 Å². The van der Waals surface area contributed by atoms with Crippen molar-refractivity contribution in [2.45, 2.75) is 12.3 Å². The molecule has 0 aliphatic carbocycles. The number of benzene rings is 1. The summed E-state index contributed by atoms with van der Waals surface area (Å²) in [6.07, 6.45) is 1.08. The maximum atomic E-state index is 13.2. The van der Waals surface area contributed by atoms with Gasteiger partial charge in [-0.1, -0.05) is 0 Å². The van der Waals surface area contributed by atoms with E-state index in [0.717, 1.165) is 25.1 Å². The summed E-state index contributed by atoms with van der Waals surface area (Å²) in [5.41, 5.74) is 1.03. The van der Waals surface area contributed by atoms with Gasteiger partial charge < -0.3 is 10.1 Å². The number of hydrogen-bond acceptors (Lipinski definition) is 2. The third-order valence-corrected chi connectivity index (χ3v) is 2.66. The molecule has 0 saturated carbocycles. The number of rotatable bonds is 2. The summed E-state index contributed by atoms with van der Waals surface area (Å²) in [4.78, 5) is 0. The van der Waals surface area contributed by atoms with E-state index in [-0.39, 0.29) is 5.82 Å². The fourth-order valence-corrected chi connectivity index (χ4v) is 1.88. The van der Waals surface area contributed by atoms with Crippen molar-refractivity contribution in [3.05, 3.63) is 29.6 Å². The molecular weight excluding hydrogens is 181 g/mol. The molecule has 0 bridgehead atoms. The lowest BCUT2D eigenvalue weighted by atomic mass is 9.98. The summed E-state index contributed by atoms with van der Waals surface area (Å²) in [7, 11) is 1.56. The highest BCUT2D eigenvalue weighted by Crippen LogP contribution is 2.26. The minimum atomic E-state index is -0.216. The Morgan fingerprint density at radius 2 is 2.29 bits per heavy atom. The smallest absolute Gasteiger partial charge is 0.127 e. The van der Waals surface area contributed by atoms with Gasteiger partial charge in [-0.15, -0.1) is 0 Å². The van der Waals surface area contributed by atoms with Crippen LogP contribution >= 0.6 is 0 Å². The number of halogens is 1. The maximum absolute atomic E-state index is 13.2. The van der Waals surface area contributed by atoms with Gasteiger partial charge in [-0.05, 0) is 36.6 Å². The van der Waals surface area contributed by atoms with Crippen molar-refractivity contribution in [3.63, 3.8) is 0 Å². The van der Waals surface area contributed by atoms with Crippen LogP contribution in [0, 0.1) is 5.82 Å². The van der Waals surface area contributed by atoms with Crippen molar-refractivity contribution in [2.75, 3.05) is 20.2 Å². The highest BCUT2D eigenvalue weighted by atomic mass is 19.1. The van der Waals surface area contributed by atoms with E-state index in [2.05, 4.69) is 5.32 Å². The largest absolute Gasteiger partial charge is 0.497 e. The van der Waals surface area contributed by atoms with Crippen LogP contribution in [0.4, 0.5) is 4.39 Å². The Morgan fingerprint density at radius 1 is 1.43 bits per heavy atom. The number of nitrogens with one attached hydrogen (secondary N) is 1. The first-order chi connectivity index (χ1) is 6.79. The summed E-state index contributed by atoms with van der Waals surface area (Å²) in [6, 6.07) is 4.92. The van der Waals surface area contributed by atoms with Crippen molar-refractivity contribution in [1.29, 1.82) is 0 Å². The van der Waals surface area contributed by atoms with Gasteiger partial charge in [-0.25, -0.2) is 4.39 Å². The van der Waals surface area contributed by atoms with Crippen LogP contribution in [0.15, 0.2) is 18.2 Å². The van der Waals surface area contributed by atoms with Gasteiger partial charge in [-0.3, -0.25) is 0 Å². The molecule has 3 heteroatoms. The average Bonchev–Trinajstić information content (AvgIpc) is 2.69. The number of methoxy groups -OCH3 is 1. The van der Waals surface area contributed by atoms with Crippen LogP contribution < -0.4 is 10.1 Å². The van der Waals surface area contributed by atoms with E-state index in [4.69, 9.17) is 4.74 Å². The molecule has 0 unspecified atom stereocenters. The van der Waals surface area contributed by atoms with Crippen molar-refractivity contribution in [1.82, 2.24) is 5.32 Å². The summed E-state index contributed by atoms with van der Waals surface area (Å²) >= 11 is 0. The van der Waals surface area contributed by atoms with Crippen molar-refractivity contribution in [2.24, 2.45) is 0 Å². The molecule has 1 aliphatic heterocycles. The molecule has 76 valence electrons. The van der Waals surface area contributed by atoms with Crippen LogP contribution in [0.25, 0.3) is 0 Å². The second-order valence-electron chi connectivity index (χ2n) is 3.61. The molecule has 1 N–H and O–H groups in total. The van der Waals surface area contributed by atoms with Gasteiger partial charge in [0.05, 0.1) is 7.11 Å². The second-order valence-corrected chi connectivity index (χ2v) is 3.61. The van der Waals surface area contributed by atoms with E-state index in [1.54, 1.807) is 13.2 Å². The van der Waals surface area contributed by atoms with Crippen LogP contribution in [0.5, 0.6) is 5.75 Å². The highest BCUT2D eigenvalue weighted by Gasteiger charge is 2.17. The van der Waals surface area contributed by atoms with Gasteiger partial charge >= 0.3 is 0 Å². The van der Waals surface area contributed by atoms with Gasteiger partial charge in [0.15, 0.2) is 0 Å². The lowest BCUT2D eigenvalue weighted by molar-refractivity contribution is 0.410. The van der Waals surface area contributed by atoms with Gasteiger partial charge in [0.25, 0.3) is 0 Å². The predicted octanol–water partition coefficient (Wildman–Crippen LogP) is 1.91. The fourth-order valence-electron chi connectivity index (χ4n) is 1.88. The Morgan fingerprint density at radius 3 is 2.93 bits per heavy atom. The zero-order valence-corrected chi connectivity index (χ0v) is 8.22. The topological polar surface area (TPSA) is 21.3 Å². The quantitative estimate of drug-likeness (QED) is 0.778. The first-order valence-corrected chi connectivity index (χ1v) is 4.85. The van der Waals surface area contributed by atoms with E-state index in [1.165, 1.54) is 6.07 Å². The Balaban J connectivity index is 2.27. The van der Waals surface area contributed by atoms with Crippen LogP contribution in [-0.2, 0) is 0 Å². The summed E-state index contributed by atoms with van der Waals surface area (Å²) in [6.45, 7) is 1.95. The second kappa shape index (κ2) is 3.96. The van der Waals surface area contributed by atoms with E-state index in [9.17, 15) is 4.39 Å². The highest BCUT2D eigenvalue weighted by molar-refractivity contribution is 5.32. The first-order valence-electron chi connectivity index (χ1n) is 4.85. The van der Waals surface area contributed by atoms with Gasteiger partial charge in [-0.2, -0.15) is 0 Å². The fraction of sp³-hybridized carbons (Fsp3) is 0.455. The number of hydrogen-bond donors (Lipinski definition) is 1. The molecule has 1 aromatic rings. The SMILES string of the molecule is COc1cc(F)cc([C@H]2CCNC2)c1. The molecule has 0 amide bonds. The molecule has 0 spiro atoms. The summed E-state index contributed by atoms with van der Waals surface area (Å²) in [5.74, 6) is 0.817. The third-order valence-electron chi connectivity index (χ3n) is 2.66. The van der Waals surface area contributed by atoms with Crippen molar-refractivity contribution < 1.29 is 9.13 Å². The molecule has 0 radical (unpaired) electrons. The standard InChI is InChI=1S/C11H14FNO/c1-14-11-5-9(4-10(12)6-11)8-2-3-13-7-8/h4-6,8,13H,2-3,7H2,1H3/t8-/m0/s1. The maximum Gasteiger partial charge on any atom is 0.127 e. The minimum absolute atomic E-state index is 0.216. The monoisotopic (exact) mass is 195 g/mol. The van der Waals surface area contributed by atoms with E-state index >= 15 is 0 Å². The summed E-state index contributed by atoms with van der Waals surface area (Å²) < 4.78 is 18.2. The lowest BCUT2D eigenvalue weighted by Gasteiger charge is -2.10. The Hall–Kier alpha value is -1.09. The molecule has 2 nitrogen and oxygen atoms in total. The van der Waals surface area contributed by atoms with Crippen LogP contribution in [0.2, 0.25) is 0 Å². The Labute approximate surface area is 83.1 Å². The van der Waals surface area contributed by atoms with Gasteiger partial charge in [0.1, 0.15) is 11.6 Å².